The molecule has 2 aromatic heterocycles. The van der Waals surface area contributed by atoms with E-state index in [1.165, 1.54) is 32.9 Å². The Kier molecular flexibility index (Phi) is 2.28. The van der Waals surface area contributed by atoms with Crippen LogP contribution in [0.5, 0.6) is 0 Å². The number of pyridine rings is 1. The van der Waals surface area contributed by atoms with E-state index in [0.717, 1.165) is 5.82 Å². The standard InChI is InChI=1S/C20H15BN2/c1-20(2)15-8-5-7-14-13-6-3-4-9-17(13)23(18(14)15)19-16(20)10-12(21)11-22-19/h3-11H,1-2H3. The molecule has 2 nitrogen and oxygen atoms in total. The highest BCUT2D eigenvalue weighted by Crippen LogP contribution is 2.46. The Hall–Kier alpha value is -2.55. The fourth-order valence-corrected chi connectivity index (χ4v) is 4.00. The van der Waals surface area contributed by atoms with Crippen LogP contribution in [0.25, 0.3) is 27.6 Å². The third-order valence-electron chi connectivity index (χ3n) is 5.14. The van der Waals surface area contributed by atoms with Gasteiger partial charge in [-0.15, -0.1) is 0 Å². The molecule has 0 fully saturated rings. The number of fused-ring (bicyclic) bond motifs is 5. The van der Waals surface area contributed by atoms with E-state index < -0.39 is 0 Å². The molecule has 0 unspecified atom stereocenters. The van der Waals surface area contributed by atoms with Crippen LogP contribution < -0.4 is 5.46 Å². The zero-order valence-corrected chi connectivity index (χ0v) is 13.2. The molecule has 3 heteroatoms. The number of para-hydroxylation sites is 2. The monoisotopic (exact) mass is 294 g/mol. The molecular formula is C20H15BN2. The molecule has 0 atom stereocenters. The number of nitrogens with zero attached hydrogens (tertiary/aromatic N) is 2. The van der Waals surface area contributed by atoms with Crippen LogP contribution in [-0.4, -0.2) is 17.4 Å². The second-order valence-corrected chi connectivity index (χ2v) is 6.82. The van der Waals surface area contributed by atoms with Crippen LogP contribution in [0.3, 0.4) is 0 Å². The smallest absolute Gasteiger partial charge is 0.141 e. The minimum Gasteiger partial charge on any atom is -0.293 e. The van der Waals surface area contributed by atoms with Gasteiger partial charge >= 0.3 is 0 Å². The molecular weight excluding hydrogens is 279 g/mol. The average Bonchev–Trinajstić information content (AvgIpc) is 2.89. The molecule has 0 spiro atoms. The van der Waals surface area contributed by atoms with Gasteiger partial charge in [0.2, 0.25) is 0 Å². The summed E-state index contributed by atoms with van der Waals surface area (Å²) < 4.78 is 2.29. The first-order valence-electron chi connectivity index (χ1n) is 7.88. The van der Waals surface area contributed by atoms with Gasteiger partial charge in [0.25, 0.3) is 0 Å². The summed E-state index contributed by atoms with van der Waals surface area (Å²) in [5, 5.41) is 2.56. The predicted octanol–water partition coefficient (Wildman–Crippen LogP) is 3.61. The highest BCUT2D eigenvalue weighted by Gasteiger charge is 2.35. The maximum absolute atomic E-state index is 6.04. The molecule has 3 heterocycles. The van der Waals surface area contributed by atoms with Gasteiger partial charge < -0.3 is 0 Å². The van der Waals surface area contributed by atoms with Crippen molar-refractivity contribution >= 4 is 35.1 Å². The summed E-state index contributed by atoms with van der Waals surface area (Å²) in [4.78, 5) is 4.70. The van der Waals surface area contributed by atoms with Gasteiger partial charge in [-0.05, 0) is 11.6 Å². The topological polar surface area (TPSA) is 17.8 Å². The molecule has 2 radical (unpaired) electrons. The summed E-state index contributed by atoms with van der Waals surface area (Å²) in [6.45, 7) is 4.51. The molecule has 1 aliphatic heterocycles. The SMILES string of the molecule is [B]c1cnc2c(c1)C(C)(C)c1cccc3c4ccccc4n-2c13. The Morgan fingerprint density at radius 1 is 0.957 bits per heavy atom. The first-order chi connectivity index (χ1) is 11.1. The van der Waals surface area contributed by atoms with Crippen LogP contribution in [-0.2, 0) is 5.41 Å². The number of aromatic nitrogens is 2. The lowest BCUT2D eigenvalue weighted by atomic mass is 9.74. The molecule has 0 saturated heterocycles. The largest absolute Gasteiger partial charge is 0.293 e. The third-order valence-corrected chi connectivity index (χ3v) is 5.14. The third kappa shape index (κ3) is 1.47. The fraction of sp³-hybridized carbons (Fsp3) is 0.150. The number of rotatable bonds is 0. The first kappa shape index (κ1) is 12.9. The molecule has 0 N–H and O–H groups in total. The molecule has 0 saturated carbocycles. The summed E-state index contributed by atoms with van der Waals surface area (Å²) in [5.74, 6) is 0.995. The Balaban J connectivity index is 2.12. The summed E-state index contributed by atoms with van der Waals surface area (Å²) in [5.41, 5.74) is 5.56. The quantitative estimate of drug-likeness (QED) is 0.453. The van der Waals surface area contributed by atoms with Crippen molar-refractivity contribution in [2.45, 2.75) is 19.3 Å². The molecule has 0 amide bonds. The van der Waals surface area contributed by atoms with Crippen molar-refractivity contribution in [3.63, 3.8) is 0 Å². The zero-order valence-electron chi connectivity index (χ0n) is 13.2. The highest BCUT2D eigenvalue weighted by atomic mass is 15.1. The van der Waals surface area contributed by atoms with Crippen molar-refractivity contribution < 1.29 is 0 Å². The first-order valence-corrected chi connectivity index (χ1v) is 7.88. The van der Waals surface area contributed by atoms with Crippen molar-refractivity contribution in [2.24, 2.45) is 0 Å². The van der Waals surface area contributed by atoms with Crippen LogP contribution in [0, 0.1) is 0 Å². The lowest BCUT2D eigenvalue weighted by molar-refractivity contribution is 0.625. The number of benzene rings is 2. The molecule has 2 aromatic carbocycles. The van der Waals surface area contributed by atoms with E-state index in [9.17, 15) is 0 Å². The van der Waals surface area contributed by atoms with E-state index in [1.54, 1.807) is 6.20 Å². The van der Waals surface area contributed by atoms with Crippen LogP contribution in [0.2, 0.25) is 0 Å². The van der Waals surface area contributed by atoms with E-state index in [0.29, 0.717) is 5.46 Å². The molecule has 5 rings (SSSR count). The van der Waals surface area contributed by atoms with Crippen LogP contribution >= 0.6 is 0 Å². The second kappa shape index (κ2) is 4.05. The van der Waals surface area contributed by atoms with Crippen molar-refractivity contribution in [1.82, 2.24) is 9.55 Å². The highest BCUT2D eigenvalue weighted by molar-refractivity contribution is 6.32. The molecule has 0 bridgehead atoms. The van der Waals surface area contributed by atoms with E-state index in [4.69, 9.17) is 12.8 Å². The van der Waals surface area contributed by atoms with Gasteiger partial charge in [0.1, 0.15) is 13.7 Å². The van der Waals surface area contributed by atoms with Gasteiger partial charge in [0.15, 0.2) is 0 Å². The van der Waals surface area contributed by atoms with Gasteiger partial charge in [0, 0.05) is 27.9 Å². The maximum atomic E-state index is 6.04. The Labute approximate surface area is 136 Å². The van der Waals surface area contributed by atoms with Gasteiger partial charge in [0.05, 0.1) is 11.0 Å². The maximum Gasteiger partial charge on any atom is 0.141 e. The van der Waals surface area contributed by atoms with Crippen LogP contribution in [0.1, 0.15) is 25.0 Å². The van der Waals surface area contributed by atoms with Crippen molar-refractivity contribution in [3.8, 4) is 5.82 Å². The minimum atomic E-state index is -0.123. The van der Waals surface area contributed by atoms with Crippen molar-refractivity contribution in [1.29, 1.82) is 0 Å². The van der Waals surface area contributed by atoms with Crippen LogP contribution in [0.15, 0.2) is 54.7 Å². The lowest BCUT2D eigenvalue weighted by Gasteiger charge is -2.34. The molecule has 4 aromatic rings. The second-order valence-electron chi connectivity index (χ2n) is 6.82. The predicted molar refractivity (Wildman–Crippen MR) is 96.1 cm³/mol. The fourth-order valence-electron chi connectivity index (χ4n) is 4.00. The van der Waals surface area contributed by atoms with E-state index in [1.807, 2.05) is 0 Å². The normalized spacial score (nSPS) is 15.0. The molecule has 0 aliphatic carbocycles. The summed E-state index contributed by atoms with van der Waals surface area (Å²) in [6, 6.07) is 17.2. The zero-order chi connectivity index (χ0) is 15.8. The Bertz CT molecular complexity index is 1110. The summed E-state index contributed by atoms with van der Waals surface area (Å²) in [7, 11) is 6.04. The summed E-state index contributed by atoms with van der Waals surface area (Å²) in [6.07, 6.45) is 1.75. The number of hydrogen-bond acceptors (Lipinski definition) is 1. The lowest BCUT2D eigenvalue weighted by Crippen LogP contribution is -2.29. The molecule has 108 valence electrons. The summed E-state index contributed by atoms with van der Waals surface area (Å²) >= 11 is 0. The number of hydrogen-bond donors (Lipinski definition) is 0. The van der Waals surface area contributed by atoms with E-state index in [-0.39, 0.29) is 5.41 Å². The molecule has 1 aliphatic rings. The average molecular weight is 294 g/mol. The molecule has 23 heavy (non-hydrogen) atoms. The van der Waals surface area contributed by atoms with Gasteiger partial charge in [-0.25, -0.2) is 4.98 Å². The van der Waals surface area contributed by atoms with Crippen LogP contribution in [0.4, 0.5) is 0 Å². The Morgan fingerprint density at radius 2 is 1.74 bits per heavy atom. The Morgan fingerprint density at radius 3 is 2.61 bits per heavy atom. The van der Waals surface area contributed by atoms with Gasteiger partial charge in [-0.1, -0.05) is 61.8 Å². The van der Waals surface area contributed by atoms with Crippen molar-refractivity contribution in [3.05, 3.63) is 65.9 Å². The van der Waals surface area contributed by atoms with E-state index in [2.05, 4.69) is 66.9 Å². The van der Waals surface area contributed by atoms with Gasteiger partial charge in [-0.2, -0.15) is 0 Å². The van der Waals surface area contributed by atoms with Gasteiger partial charge in [-0.3, -0.25) is 4.57 Å². The van der Waals surface area contributed by atoms with E-state index >= 15 is 0 Å². The van der Waals surface area contributed by atoms with Crippen molar-refractivity contribution in [2.75, 3.05) is 0 Å². The minimum absolute atomic E-state index is 0.123.